The molecule has 26 heavy (non-hydrogen) atoms. The Morgan fingerprint density at radius 1 is 1.00 bits per heavy atom. The lowest BCUT2D eigenvalue weighted by Gasteiger charge is -2.11. The standard InChI is InChI=1S/C21H28N2O3/c1-15(2)17-6-8-18(9-7-17)23-21(24)14-22-12-11-16-5-10-19(25-3)20(13-16)26-4/h5-10,13,15,22H,11-12,14H2,1-4H3,(H,23,24). The zero-order valence-corrected chi connectivity index (χ0v) is 16.0. The first-order chi connectivity index (χ1) is 12.5. The number of hydrogen-bond acceptors (Lipinski definition) is 4. The molecule has 0 atom stereocenters. The van der Waals surface area contributed by atoms with Crippen molar-refractivity contribution < 1.29 is 14.3 Å². The topological polar surface area (TPSA) is 59.6 Å². The summed E-state index contributed by atoms with van der Waals surface area (Å²) < 4.78 is 10.5. The number of methoxy groups -OCH3 is 2. The first-order valence-corrected chi connectivity index (χ1v) is 8.85. The molecule has 0 aromatic heterocycles. The van der Waals surface area contributed by atoms with Gasteiger partial charge in [0.2, 0.25) is 5.91 Å². The molecule has 0 spiro atoms. The van der Waals surface area contributed by atoms with E-state index in [0.717, 1.165) is 17.7 Å². The lowest BCUT2D eigenvalue weighted by atomic mass is 10.0. The van der Waals surface area contributed by atoms with Gasteiger partial charge in [-0.2, -0.15) is 0 Å². The van der Waals surface area contributed by atoms with Crippen LogP contribution in [0.2, 0.25) is 0 Å². The van der Waals surface area contributed by atoms with E-state index in [1.165, 1.54) is 5.56 Å². The summed E-state index contributed by atoms with van der Waals surface area (Å²) in [4.78, 5) is 12.0. The molecule has 0 fully saturated rings. The van der Waals surface area contributed by atoms with Gasteiger partial charge in [0.1, 0.15) is 0 Å². The van der Waals surface area contributed by atoms with Crippen LogP contribution in [0, 0.1) is 0 Å². The van der Waals surface area contributed by atoms with Crippen molar-refractivity contribution in [2.24, 2.45) is 0 Å². The highest BCUT2D eigenvalue weighted by molar-refractivity contribution is 5.92. The molecule has 5 heteroatoms. The van der Waals surface area contributed by atoms with E-state index in [2.05, 4.69) is 24.5 Å². The molecule has 0 aliphatic rings. The van der Waals surface area contributed by atoms with Crippen LogP contribution in [-0.2, 0) is 11.2 Å². The quantitative estimate of drug-likeness (QED) is 0.674. The van der Waals surface area contributed by atoms with Crippen molar-refractivity contribution in [3.05, 3.63) is 53.6 Å². The molecule has 0 heterocycles. The zero-order chi connectivity index (χ0) is 18.9. The van der Waals surface area contributed by atoms with Crippen molar-refractivity contribution in [1.29, 1.82) is 0 Å². The molecule has 2 aromatic rings. The smallest absolute Gasteiger partial charge is 0.238 e. The summed E-state index contributed by atoms with van der Waals surface area (Å²) in [6.07, 6.45) is 0.802. The average Bonchev–Trinajstić information content (AvgIpc) is 2.65. The van der Waals surface area contributed by atoms with Crippen LogP contribution in [0.25, 0.3) is 0 Å². The largest absolute Gasteiger partial charge is 0.493 e. The van der Waals surface area contributed by atoms with Crippen molar-refractivity contribution >= 4 is 11.6 Å². The van der Waals surface area contributed by atoms with E-state index < -0.39 is 0 Å². The number of amides is 1. The lowest BCUT2D eigenvalue weighted by molar-refractivity contribution is -0.115. The highest BCUT2D eigenvalue weighted by Gasteiger charge is 2.06. The molecule has 0 aliphatic carbocycles. The van der Waals surface area contributed by atoms with Gasteiger partial charge in [-0.15, -0.1) is 0 Å². The monoisotopic (exact) mass is 356 g/mol. The van der Waals surface area contributed by atoms with Gasteiger partial charge >= 0.3 is 0 Å². The second-order valence-electron chi connectivity index (χ2n) is 6.44. The van der Waals surface area contributed by atoms with Gasteiger partial charge < -0.3 is 20.1 Å². The third kappa shape index (κ3) is 5.77. The van der Waals surface area contributed by atoms with E-state index in [1.807, 2.05) is 42.5 Å². The van der Waals surface area contributed by atoms with Gasteiger partial charge in [-0.25, -0.2) is 0 Å². The van der Waals surface area contributed by atoms with Gasteiger partial charge in [-0.3, -0.25) is 4.79 Å². The molecule has 2 aromatic carbocycles. The normalized spacial score (nSPS) is 10.7. The summed E-state index contributed by atoms with van der Waals surface area (Å²) in [6, 6.07) is 13.8. The lowest BCUT2D eigenvalue weighted by Crippen LogP contribution is -2.29. The van der Waals surface area contributed by atoms with Gasteiger partial charge in [0.15, 0.2) is 11.5 Å². The van der Waals surface area contributed by atoms with Crippen LogP contribution in [0.5, 0.6) is 11.5 Å². The first-order valence-electron chi connectivity index (χ1n) is 8.85. The maximum absolute atomic E-state index is 12.0. The summed E-state index contributed by atoms with van der Waals surface area (Å²) >= 11 is 0. The fourth-order valence-electron chi connectivity index (χ4n) is 2.63. The van der Waals surface area contributed by atoms with Gasteiger partial charge in [-0.1, -0.05) is 32.0 Å². The van der Waals surface area contributed by atoms with E-state index in [0.29, 0.717) is 24.0 Å². The second-order valence-corrected chi connectivity index (χ2v) is 6.44. The predicted octanol–water partition coefficient (Wildman–Crippen LogP) is 3.60. The summed E-state index contributed by atoms with van der Waals surface area (Å²) in [5.74, 6) is 1.87. The third-order valence-corrected chi connectivity index (χ3v) is 4.19. The van der Waals surface area contributed by atoms with Crippen molar-refractivity contribution in [3.63, 3.8) is 0 Å². The van der Waals surface area contributed by atoms with Crippen molar-refractivity contribution in [3.8, 4) is 11.5 Å². The van der Waals surface area contributed by atoms with E-state index >= 15 is 0 Å². The van der Waals surface area contributed by atoms with Crippen LogP contribution < -0.4 is 20.1 Å². The third-order valence-electron chi connectivity index (χ3n) is 4.19. The molecule has 5 nitrogen and oxygen atoms in total. The highest BCUT2D eigenvalue weighted by Crippen LogP contribution is 2.27. The molecular formula is C21H28N2O3. The van der Waals surface area contributed by atoms with Crippen LogP contribution >= 0.6 is 0 Å². The Morgan fingerprint density at radius 3 is 2.31 bits per heavy atom. The minimum Gasteiger partial charge on any atom is -0.493 e. The molecular weight excluding hydrogens is 328 g/mol. The molecule has 140 valence electrons. The molecule has 1 amide bonds. The van der Waals surface area contributed by atoms with E-state index in [-0.39, 0.29) is 12.5 Å². The number of ether oxygens (including phenoxy) is 2. The molecule has 2 N–H and O–H groups in total. The Morgan fingerprint density at radius 2 is 1.69 bits per heavy atom. The number of nitrogens with one attached hydrogen (secondary N) is 2. The molecule has 2 rings (SSSR count). The molecule has 0 aliphatic heterocycles. The molecule has 0 unspecified atom stereocenters. The molecule has 0 saturated carbocycles. The van der Waals surface area contributed by atoms with E-state index in [4.69, 9.17) is 9.47 Å². The number of carbonyl (C=O) groups is 1. The zero-order valence-electron chi connectivity index (χ0n) is 16.0. The maximum atomic E-state index is 12.0. The van der Waals surface area contributed by atoms with Gasteiger partial charge in [0.25, 0.3) is 0 Å². The molecule has 0 saturated heterocycles. The Hall–Kier alpha value is -2.53. The average molecular weight is 356 g/mol. The van der Waals surface area contributed by atoms with Gasteiger partial charge in [-0.05, 0) is 54.3 Å². The van der Waals surface area contributed by atoms with Crippen LogP contribution in [0.1, 0.15) is 30.9 Å². The predicted molar refractivity (Wildman–Crippen MR) is 105 cm³/mol. The van der Waals surface area contributed by atoms with E-state index in [1.54, 1.807) is 14.2 Å². The van der Waals surface area contributed by atoms with Crippen molar-refractivity contribution in [2.45, 2.75) is 26.2 Å². The van der Waals surface area contributed by atoms with Crippen LogP contribution in [-0.4, -0.2) is 33.2 Å². The second kappa shape index (κ2) is 9.82. The first kappa shape index (κ1) is 19.8. The highest BCUT2D eigenvalue weighted by atomic mass is 16.5. The summed E-state index contributed by atoms with van der Waals surface area (Å²) in [7, 11) is 3.24. The summed E-state index contributed by atoms with van der Waals surface area (Å²) in [6.45, 7) is 5.28. The number of hydrogen-bond donors (Lipinski definition) is 2. The Balaban J connectivity index is 1.74. The Kier molecular flexibility index (Phi) is 7.48. The van der Waals surface area contributed by atoms with Crippen LogP contribution in [0.15, 0.2) is 42.5 Å². The van der Waals surface area contributed by atoms with Gasteiger partial charge in [0.05, 0.1) is 20.8 Å². The molecule has 0 radical (unpaired) electrons. The van der Waals surface area contributed by atoms with Crippen LogP contribution in [0.3, 0.4) is 0 Å². The maximum Gasteiger partial charge on any atom is 0.238 e. The van der Waals surface area contributed by atoms with E-state index in [9.17, 15) is 4.79 Å². The number of carbonyl (C=O) groups excluding carboxylic acids is 1. The van der Waals surface area contributed by atoms with Gasteiger partial charge in [0, 0.05) is 5.69 Å². The summed E-state index contributed by atoms with van der Waals surface area (Å²) in [5, 5.41) is 6.07. The van der Waals surface area contributed by atoms with Crippen molar-refractivity contribution in [2.75, 3.05) is 32.6 Å². The minimum atomic E-state index is -0.0467. The molecule has 0 bridgehead atoms. The number of anilines is 1. The number of benzene rings is 2. The summed E-state index contributed by atoms with van der Waals surface area (Å²) in [5.41, 5.74) is 3.21. The minimum absolute atomic E-state index is 0.0467. The van der Waals surface area contributed by atoms with Crippen LogP contribution in [0.4, 0.5) is 5.69 Å². The fourth-order valence-corrected chi connectivity index (χ4v) is 2.63. The Bertz CT molecular complexity index is 712. The van der Waals surface area contributed by atoms with Crippen molar-refractivity contribution in [1.82, 2.24) is 5.32 Å². The number of rotatable bonds is 9. The SMILES string of the molecule is COc1ccc(CCNCC(=O)Nc2ccc(C(C)C)cc2)cc1OC. The Labute approximate surface area is 155 Å². The fraction of sp³-hybridized carbons (Fsp3) is 0.381.